The molecule has 18 heavy (non-hydrogen) atoms. The second-order valence-electron chi connectivity index (χ2n) is 6.22. The van der Waals surface area contributed by atoms with Crippen molar-refractivity contribution in [2.24, 2.45) is 0 Å². The monoisotopic (exact) mass is 254 g/mol. The van der Waals surface area contributed by atoms with Crippen LogP contribution in [0.5, 0.6) is 0 Å². The quantitative estimate of drug-likeness (QED) is 0.788. The van der Waals surface area contributed by atoms with Crippen molar-refractivity contribution in [1.29, 1.82) is 0 Å². The van der Waals surface area contributed by atoms with Crippen LogP contribution in [0.2, 0.25) is 0 Å². The predicted molar refractivity (Wildman–Crippen MR) is 75.9 cm³/mol. The van der Waals surface area contributed by atoms with Crippen LogP contribution in [0.3, 0.4) is 0 Å². The Balaban J connectivity index is 1.69. The molecule has 0 saturated carbocycles. The van der Waals surface area contributed by atoms with E-state index in [4.69, 9.17) is 4.74 Å². The molecule has 0 spiro atoms. The third-order valence-electron chi connectivity index (χ3n) is 4.36. The molecule has 1 N–H and O–H groups in total. The maximum absolute atomic E-state index is 6.16. The predicted octanol–water partition coefficient (Wildman–Crippen LogP) is 2.41. The van der Waals surface area contributed by atoms with E-state index in [2.05, 4.69) is 31.0 Å². The lowest BCUT2D eigenvalue weighted by Crippen LogP contribution is -2.37. The molecule has 3 atom stereocenters. The molecule has 0 aromatic heterocycles. The number of likely N-dealkylation sites (tertiary alicyclic amines) is 1. The number of hydrogen-bond donors (Lipinski definition) is 1. The summed E-state index contributed by atoms with van der Waals surface area (Å²) in [6.45, 7) is 10.2. The topological polar surface area (TPSA) is 24.5 Å². The van der Waals surface area contributed by atoms with E-state index in [1.54, 1.807) is 0 Å². The highest BCUT2D eigenvalue weighted by Crippen LogP contribution is 2.25. The van der Waals surface area contributed by atoms with Crippen molar-refractivity contribution in [1.82, 2.24) is 10.2 Å². The van der Waals surface area contributed by atoms with Crippen molar-refractivity contribution < 1.29 is 4.74 Å². The Morgan fingerprint density at radius 3 is 2.72 bits per heavy atom. The number of rotatable bonds is 6. The van der Waals surface area contributed by atoms with E-state index < -0.39 is 0 Å². The summed E-state index contributed by atoms with van der Waals surface area (Å²) in [6, 6.07) is 1.39. The van der Waals surface area contributed by atoms with Gasteiger partial charge in [-0.25, -0.2) is 0 Å². The van der Waals surface area contributed by atoms with Crippen molar-refractivity contribution in [3.05, 3.63) is 0 Å². The molecule has 0 bridgehead atoms. The maximum atomic E-state index is 6.16. The molecule has 0 amide bonds. The van der Waals surface area contributed by atoms with Crippen LogP contribution in [-0.4, -0.2) is 48.8 Å². The summed E-state index contributed by atoms with van der Waals surface area (Å²) in [5.74, 6) is 0. The summed E-state index contributed by atoms with van der Waals surface area (Å²) in [4.78, 5) is 2.66. The third kappa shape index (κ3) is 3.94. The highest BCUT2D eigenvalue weighted by molar-refractivity contribution is 4.84. The van der Waals surface area contributed by atoms with E-state index in [1.165, 1.54) is 38.6 Å². The number of nitrogens with zero attached hydrogens (tertiary/aromatic N) is 1. The van der Waals surface area contributed by atoms with Gasteiger partial charge in [0.2, 0.25) is 0 Å². The van der Waals surface area contributed by atoms with Crippen LogP contribution in [0, 0.1) is 0 Å². The van der Waals surface area contributed by atoms with Gasteiger partial charge in [-0.3, -0.25) is 4.90 Å². The first kappa shape index (κ1) is 14.3. The highest BCUT2D eigenvalue weighted by atomic mass is 16.5. The fourth-order valence-electron chi connectivity index (χ4n) is 3.29. The molecule has 2 heterocycles. The highest BCUT2D eigenvalue weighted by Gasteiger charge is 2.30. The van der Waals surface area contributed by atoms with Gasteiger partial charge in [-0.15, -0.1) is 0 Å². The van der Waals surface area contributed by atoms with E-state index in [9.17, 15) is 0 Å². The largest absolute Gasteiger partial charge is 0.372 e. The van der Waals surface area contributed by atoms with Gasteiger partial charge in [0.1, 0.15) is 0 Å². The molecule has 2 fully saturated rings. The summed E-state index contributed by atoms with van der Waals surface area (Å²) in [7, 11) is 0. The first-order valence-electron chi connectivity index (χ1n) is 7.82. The van der Waals surface area contributed by atoms with Gasteiger partial charge in [0, 0.05) is 25.2 Å². The summed E-state index contributed by atoms with van der Waals surface area (Å²) in [5, 5.41) is 3.48. The smallest absolute Gasteiger partial charge is 0.0707 e. The van der Waals surface area contributed by atoms with Crippen LogP contribution in [0.4, 0.5) is 0 Å². The van der Waals surface area contributed by atoms with Gasteiger partial charge in [-0.1, -0.05) is 20.8 Å². The molecule has 0 aliphatic carbocycles. The molecule has 0 radical (unpaired) electrons. The first-order valence-corrected chi connectivity index (χ1v) is 7.82. The van der Waals surface area contributed by atoms with Crippen LogP contribution in [-0.2, 0) is 4.74 Å². The Kier molecular flexibility index (Phi) is 5.46. The molecule has 3 nitrogen and oxygen atoms in total. The van der Waals surface area contributed by atoms with Gasteiger partial charge in [0.05, 0.1) is 12.2 Å². The van der Waals surface area contributed by atoms with Gasteiger partial charge >= 0.3 is 0 Å². The average Bonchev–Trinajstić information content (AvgIpc) is 2.96. The Labute approximate surface area is 112 Å². The molecule has 106 valence electrons. The second kappa shape index (κ2) is 6.88. The van der Waals surface area contributed by atoms with Crippen LogP contribution in [0.25, 0.3) is 0 Å². The normalized spacial score (nSPS) is 33.7. The summed E-state index contributed by atoms with van der Waals surface area (Å²) >= 11 is 0. The zero-order valence-electron chi connectivity index (χ0n) is 12.3. The number of ether oxygens (including phenoxy) is 1. The lowest BCUT2D eigenvalue weighted by atomic mass is 10.1. The molecule has 2 aliphatic rings. The molecule has 2 rings (SSSR count). The zero-order valence-corrected chi connectivity index (χ0v) is 12.3. The molecule has 0 aromatic carbocycles. The van der Waals surface area contributed by atoms with Crippen LogP contribution in [0.15, 0.2) is 0 Å². The van der Waals surface area contributed by atoms with Crippen molar-refractivity contribution in [2.75, 3.05) is 19.6 Å². The first-order chi connectivity index (χ1) is 8.69. The Morgan fingerprint density at radius 1 is 1.22 bits per heavy atom. The van der Waals surface area contributed by atoms with Crippen LogP contribution >= 0.6 is 0 Å². The Hall–Kier alpha value is -0.120. The Bertz CT molecular complexity index is 245. The van der Waals surface area contributed by atoms with Crippen molar-refractivity contribution in [3.8, 4) is 0 Å². The summed E-state index contributed by atoms with van der Waals surface area (Å²) < 4.78 is 6.16. The van der Waals surface area contributed by atoms with E-state index in [0.29, 0.717) is 18.2 Å². The molecular formula is C15H30N2O. The lowest BCUT2D eigenvalue weighted by Gasteiger charge is -2.26. The van der Waals surface area contributed by atoms with E-state index in [1.807, 2.05) is 0 Å². The minimum absolute atomic E-state index is 0.445. The van der Waals surface area contributed by atoms with Gasteiger partial charge < -0.3 is 10.1 Å². The van der Waals surface area contributed by atoms with Gasteiger partial charge in [0.15, 0.2) is 0 Å². The fourth-order valence-corrected chi connectivity index (χ4v) is 3.29. The average molecular weight is 254 g/mol. The van der Waals surface area contributed by atoms with Crippen LogP contribution < -0.4 is 5.32 Å². The van der Waals surface area contributed by atoms with E-state index >= 15 is 0 Å². The van der Waals surface area contributed by atoms with Gasteiger partial charge in [-0.05, 0) is 38.6 Å². The fraction of sp³-hybridized carbons (Fsp3) is 1.00. The zero-order chi connectivity index (χ0) is 13.0. The van der Waals surface area contributed by atoms with E-state index in [-0.39, 0.29) is 0 Å². The molecule has 2 saturated heterocycles. The molecule has 3 unspecified atom stereocenters. The van der Waals surface area contributed by atoms with Crippen molar-refractivity contribution in [3.63, 3.8) is 0 Å². The summed E-state index contributed by atoms with van der Waals surface area (Å²) in [5.41, 5.74) is 0. The third-order valence-corrected chi connectivity index (χ3v) is 4.36. The number of hydrogen-bond acceptors (Lipinski definition) is 3. The van der Waals surface area contributed by atoms with E-state index in [0.717, 1.165) is 19.1 Å². The van der Waals surface area contributed by atoms with Crippen molar-refractivity contribution >= 4 is 0 Å². The molecule has 0 aromatic rings. The second-order valence-corrected chi connectivity index (χ2v) is 6.22. The molecular weight excluding hydrogens is 224 g/mol. The number of nitrogens with one attached hydrogen (secondary N) is 1. The van der Waals surface area contributed by atoms with Crippen LogP contribution in [0.1, 0.15) is 52.9 Å². The minimum atomic E-state index is 0.445. The lowest BCUT2D eigenvalue weighted by molar-refractivity contribution is 0.0199. The maximum Gasteiger partial charge on any atom is 0.0707 e. The Morgan fingerprint density at radius 2 is 2.00 bits per heavy atom. The van der Waals surface area contributed by atoms with Crippen molar-refractivity contribution in [2.45, 2.75) is 77.2 Å². The molecule has 2 aliphatic heterocycles. The molecule has 3 heteroatoms. The van der Waals surface area contributed by atoms with Gasteiger partial charge in [-0.2, -0.15) is 0 Å². The standard InChI is InChI=1S/C15H30N2O/c1-4-13-6-5-9-17(13)11-15-8-7-14(18-15)10-16-12(2)3/h12-16H,4-11H2,1-3H3. The minimum Gasteiger partial charge on any atom is -0.372 e. The van der Waals surface area contributed by atoms with Gasteiger partial charge in [0.25, 0.3) is 0 Å². The SMILES string of the molecule is CCC1CCCN1CC1CCC(CNC(C)C)O1. The summed E-state index contributed by atoms with van der Waals surface area (Å²) in [6.07, 6.45) is 7.47.